The van der Waals surface area contributed by atoms with Gasteiger partial charge in [0, 0.05) is 25.0 Å². The first-order valence-electron chi connectivity index (χ1n) is 7.56. The van der Waals surface area contributed by atoms with Gasteiger partial charge in [-0.25, -0.2) is 4.52 Å². The van der Waals surface area contributed by atoms with E-state index in [-0.39, 0.29) is 0 Å². The van der Waals surface area contributed by atoms with E-state index >= 15 is 0 Å². The van der Waals surface area contributed by atoms with E-state index in [1.54, 1.807) is 6.20 Å². The number of fused-ring (bicyclic) bond motifs is 1. The first kappa shape index (κ1) is 15.9. The lowest BCUT2D eigenvalue weighted by atomic mass is 10.1. The quantitative estimate of drug-likeness (QED) is 0.629. The molecule has 116 valence electrons. The maximum atomic E-state index is 5.95. The minimum absolute atomic E-state index is 0.522. The predicted molar refractivity (Wildman–Crippen MR) is 93.8 cm³/mol. The number of aromatic nitrogens is 2. The minimum atomic E-state index is 0.522. The van der Waals surface area contributed by atoms with Gasteiger partial charge in [-0.2, -0.15) is 5.10 Å². The molecule has 0 amide bonds. The highest BCUT2D eigenvalue weighted by molar-refractivity contribution is 5.78. The standard InChI is InChI=1S/C18H24N4/c1-5-7-9-21(13-14(3)4)15-8-10-22-18(11-15)16(12-20-22)17(19)6-2/h5,8,10-12,14H,1-2,7,9,13,19H2,3-4H3. The summed E-state index contributed by atoms with van der Waals surface area (Å²) in [5, 5.41) is 4.32. The summed E-state index contributed by atoms with van der Waals surface area (Å²) in [7, 11) is 0. The average molecular weight is 296 g/mol. The van der Waals surface area contributed by atoms with Crippen molar-refractivity contribution < 1.29 is 0 Å². The second-order valence-electron chi connectivity index (χ2n) is 5.78. The van der Waals surface area contributed by atoms with Crippen LogP contribution in [0.4, 0.5) is 5.69 Å². The molecule has 0 spiro atoms. The molecule has 0 bridgehead atoms. The molecule has 2 N–H and O–H groups in total. The normalized spacial score (nSPS) is 10.7. The van der Waals surface area contributed by atoms with Gasteiger partial charge in [-0.05, 0) is 24.5 Å². The third-order valence-corrected chi connectivity index (χ3v) is 3.54. The zero-order valence-electron chi connectivity index (χ0n) is 13.4. The van der Waals surface area contributed by atoms with E-state index in [4.69, 9.17) is 5.73 Å². The van der Waals surface area contributed by atoms with Crippen molar-refractivity contribution in [3.63, 3.8) is 0 Å². The number of nitrogens with two attached hydrogens (primary N) is 1. The Kier molecular flexibility index (Phi) is 5.08. The maximum absolute atomic E-state index is 5.95. The molecule has 2 aromatic rings. The summed E-state index contributed by atoms with van der Waals surface area (Å²) in [5.74, 6) is 0.587. The van der Waals surface area contributed by atoms with Crippen molar-refractivity contribution in [1.82, 2.24) is 9.61 Å². The Bertz CT molecular complexity index is 705. The number of hydrogen-bond donors (Lipinski definition) is 1. The lowest BCUT2D eigenvalue weighted by Gasteiger charge is -2.26. The van der Waals surface area contributed by atoms with Gasteiger partial charge < -0.3 is 10.6 Å². The van der Waals surface area contributed by atoms with Gasteiger partial charge in [0.15, 0.2) is 0 Å². The Labute approximate surface area is 132 Å². The van der Waals surface area contributed by atoms with Crippen LogP contribution in [0.25, 0.3) is 11.2 Å². The van der Waals surface area contributed by atoms with Crippen molar-refractivity contribution in [2.45, 2.75) is 20.3 Å². The molecule has 0 unspecified atom stereocenters. The smallest absolute Gasteiger partial charge is 0.0853 e. The molecular weight excluding hydrogens is 272 g/mol. The molecule has 0 aromatic carbocycles. The maximum Gasteiger partial charge on any atom is 0.0853 e. The van der Waals surface area contributed by atoms with E-state index < -0.39 is 0 Å². The largest absolute Gasteiger partial charge is 0.392 e. The zero-order chi connectivity index (χ0) is 16.1. The fourth-order valence-corrected chi connectivity index (χ4v) is 2.48. The van der Waals surface area contributed by atoms with Crippen LogP contribution < -0.4 is 10.6 Å². The van der Waals surface area contributed by atoms with Crippen LogP contribution >= 0.6 is 0 Å². The number of rotatable bonds is 7. The van der Waals surface area contributed by atoms with Crippen LogP contribution in [0.5, 0.6) is 0 Å². The average Bonchev–Trinajstić information content (AvgIpc) is 2.93. The molecule has 4 heteroatoms. The van der Waals surface area contributed by atoms with Crippen LogP contribution in [-0.2, 0) is 0 Å². The van der Waals surface area contributed by atoms with Crippen LogP contribution in [0, 0.1) is 5.92 Å². The molecule has 0 atom stereocenters. The van der Waals surface area contributed by atoms with E-state index in [0.717, 1.165) is 30.6 Å². The third-order valence-electron chi connectivity index (χ3n) is 3.54. The van der Waals surface area contributed by atoms with Crippen molar-refractivity contribution in [3.05, 3.63) is 55.1 Å². The lowest BCUT2D eigenvalue weighted by molar-refractivity contribution is 0.611. The van der Waals surface area contributed by atoms with Crippen molar-refractivity contribution in [1.29, 1.82) is 0 Å². The van der Waals surface area contributed by atoms with Crippen LogP contribution in [0.15, 0.2) is 49.5 Å². The molecule has 0 radical (unpaired) electrons. The summed E-state index contributed by atoms with van der Waals surface area (Å²) in [6.45, 7) is 13.8. The Hall–Kier alpha value is -2.45. The lowest BCUT2D eigenvalue weighted by Crippen LogP contribution is -2.28. The molecule has 2 heterocycles. The zero-order valence-corrected chi connectivity index (χ0v) is 13.4. The SMILES string of the molecule is C=C=C(N)c1cnn2ccc(N(CCC=C)CC(C)C)cc12. The molecule has 0 aliphatic rings. The van der Waals surface area contributed by atoms with Crippen LogP contribution in [0.2, 0.25) is 0 Å². The second kappa shape index (κ2) is 7.01. The number of anilines is 1. The molecule has 0 aliphatic carbocycles. The summed E-state index contributed by atoms with van der Waals surface area (Å²) in [6.07, 6.45) is 6.63. The van der Waals surface area contributed by atoms with Crippen LogP contribution in [-0.4, -0.2) is 22.7 Å². The first-order valence-corrected chi connectivity index (χ1v) is 7.56. The molecule has 2 rings (SSSR count). The molecule has 0 saturated heterocycles. The molecule has 2 aromatic heterocycles. The summed E-state index contributed by atoms with van der Waals surface area (Å²) >= 11 is 0. The summed E-state index contributed by atoms with van der Waals surface area (Å²) in [5.41, 5.74) is 12.2. The van der Waals surface area contributed by atoms with Gasteiger partial charge in [0.1, 0.15) is 0 Å². The minimum Gasteiger partial charge on any atom is -0.392 e. The number of nitrogens with zero attached hydrogens (tertiary/aromatic N) is 3. The Morgan fingerprint density at radius 3 is 2.95 bits per heavy atom. The fourth-order valence-electron chi connectivity index (χ4n) is 2.48. The van der Waals surface area contributed by atoms with E-state index in [0.29, 0.717) is 11.6 Å². The number of hydrogen-bond acceptors (Lipinski definition) is 3. The highest BCUT2D eigenvalue weighted by atomic mass is 15.2. The predicted octanol–water partition coefficient (Wildman–Crippen LogP) is 3.46. The molecule has 0 aliphatic heterocycles. The summed E-state index contributed by atoms with van der Waals surface area (Å²) in [6, 6.07) is 4.21. The summed E-state index contributed by atoms with van der Waals surface area (Å²) in [4.78, 5) is 2.37. The molecule has 22 heavy (non-hydrogen) atoms. The fraction of sp³-hybridized carbons (Fsp3) is 0.333. The molecular formula is C18H24N4. The highest BCUT2D eigenvalue weighted by Crippen LogP contribution is 2.23. The van der Waals surface area contributed by atoms with E-state index in [9.17, 15) is 0 Å². The van der Waals surface area contributed by atoms with Gasteiger partial charge in [0.2, 0.25) is 0 Å². The van der Waals surface area contributed by atoms with Gasteiger partial charge in [0.25, 0.3) is 0 Å². The van der Waals surface area contributed by atoms with Crippen LogP contribution in [0.1, 0.15) is 25.8 Å². The molecule has 0 fully saturated rings. The Morgan fingerprint density at radius 2 is 2.32 bits per heavy atom. The van der Waals surface area contributed by atoms with Crippen molar-refractivity contribution in [2.24, 2.45) is 11.7 Å². The Balaban J connectivity index is 2.44. The third kappa shape index (κ3) is 3.41. The van der Waals surface area contributed by atoms with E-state index in [1.165, 1.54) is 5.69 Å². The van der Waals surface area contributed by atoms with E-state index in [1.807, 2.05) is 16.8 Å². The van der Waals surface area contributed by atoms with Crippen molar-refractivity contribution in [3.8, 4) is 0 Å². The van der Waals surface area contributed by atoms with Gasteiger partial charge >= 0.3 is 0 Å². The monoisotopic (exact) mass is 296 g/mol. The van der Waals surface area contributed by atoms with E-state index in [2.05, 4.69) is 54.9 Å². The molecule has 0 saturated carbocycles. The summed E-state index contributed by atoms with van der Waals surface area (Å²) < 4.78 is 1.82. The Morgan fingerprint density at radius 1 is 1.55 bits per heavy atom. The topological polar surface area (TPSA) is 46.6 Å². The first-order chi connectivity index (χ1) is 10.6. The van der Waals surface area contributed by atoms with Gasteiger partial charge in [-0.15, -0.1) is 12.3 Å². The van der Waals surface area contributed by atoms with Gasteiger partial charge in [0.05, 0.1) is 23.0 Å². The second-order valence-corrected chi connectivity index (χ2v) is 5.78. The van der Waals surface area contributed by atoms with Crippen LogP contribution in [0.3, 0.4) is 0 Å². The van der Waals surface area contributed by atoms with Crippen molar-refractivity contribution >= 4 is 16.9 Å². The highest BCUT2D eigenvalue weighted by Gasteiger charge is 2.12. The number of pyridine rings is 1. The van der Waals surface area contributed by atoms with Gasteiger partial charge in [-0.1, -0.05) is 26.5 Å². The molecule has 4 nitrogen and oxygen atoms in total. The van der Waals surface area contributed by atoms with Gasteiger partial charge in [-0.3, -0.25) is 0 Å². The van der Waals surface area contributed by atoms with Crippen molar-refractivity contribution in [2.75, 3.05) is 18.0 Å².